The zero-order valence-electron chi connectivity index (χ0n) is 11.6. The summed E-state index contributed by atoms with van der Waals surface area (Å²) >= 11 is 0. The van der Waals surface area contributed by atoms with E-state index in [4.69, 9.17) is 5.11 Å². The topological polar surface area (TPSA) is 69.6 Å². The molecule has 0 unspecified atom stereocenters. The molecule has 5 nitrogen and oxygen atoms in total. The average Bonchev–Trinajstić information content (AvgIpc) is 2.40. The van der Waals surface area contributed by atoms with E-state index in [2.05, 4.69) is 5.32 Å². The Labute approximate surface area is 118 Å². The van der Waals surface area contributed by atoms with Crippen molar-refractivity contribution in [3.63, 3.8) is 0 Å². The number of aromatic carboxylic acids is 1. The van der Waals surface area contributed by atoms with Crippen LogP contribution in [0.2, 0.25) is 0 Å². The maximum atomic E-state index is 12.0. The van der Waals surface area contributed by atoms with Gasteiger partial charge in [-0.2, -0.15) is 0 Å². The highest BCUT2D eigenvalue weighted by atomic mass is 16.4. The lowest BCUT2D eigenvalue weighted by molar-refractivity contribution is 0.0697. The quantitative estimate of drug-likeness (QED) is 0.868. The van der Waals surface area contributed by atoms with Gasteiger partial charge >= 0.3 is 12.0 Å². The van der Waals surface area contributed by atoms with Crippen LogP contribution in [-0.2, 0) is 0 Å². The Balaban J connectivity index is 1.93. The smallest absolute Gasteiger partial charge is 0.337 e. The van der Waals surface area contributed by atoms with Gasteiger partial charge in [-0.25, -0.2) is 9.59 Å². The van der Waals surface area contributed by atoms with Gasteiger partial charge in [0.15, 0.2) is 0 Å². The fourth-order valence-corrected chi connectivity index (χ4v) is 2.34. The van der Waals surface area contributed by atoms with Crippen LogP contribution in [0.1, 0.15) is 36.0 Å². The first-order valence-corrected chi connectivity index (χ1v) is 6.93. The molecule has 1 aromatic rings. The van der Waals surface area contributed by atoms with Crippen molar-refractivity contribution < 1.29 is 14.7 Å². The Kier molecular flexibility index (Phi) is 4.61. The molecule has 0 aromatic heterocycles. The SMILES string of the molecule is CN(C(=O)NCCC1CCC1)c1ccccc1C(=O)O. The molecule has 2 N–H and O–H groups in total. The second-order valence-electron chi connectivity index (χ2n) is 5.20. The molecule has 20 heavy (non-hydrogen) atoms. The number of carboxylic acid groups (broad SMARTS) is 1. The Bertz CT molecular complexity index is 498. The summed E-state index contributed by atoms with van der Waals surface area (Å²) in [5.41, 5.74) is 0.533. The minimum Gasteiger partial charge on any atom is -0.478 e. The molecule has 1 fully saturated rings. The van der Waals surface area contributed by atoms with Crippen LogP contribution < -0.4 is 10.2 Å². The Hall–Kier alpha value is -2.04. The monoisotopic (exact) mass is 276 g/mol. The Morgan fingerprint density at radius 2 is 2.05 bits per heavy atom. The van der Waals surface area contributed by atoms with Crippen LogP contribution in [0.4, 0.5) is 10.5 Å². The first-order valence-electron chi connectivity index (χ1n) is 6.93. The maximum absolute atomic E-state index is 12.0. The van der Waals surface area contributed by atoms with Crippen LogP contribution in [0.15, 0.2) is 24.3 Å². The minimum atomic E-state index is -1.03. The lowest BCUT2D eigenvalue weighted by Crippen LogP contribution is -2.39. The molecule has 2 amide bonds. The second-order valence-corrected chi connectivity index (χ2v) is 5.20. The van der Waals surface area contributed by atoms with Crippen molar-refractivity contribution >= 4 is 17.7 Å². The number of carbonyl (C=O) groups is 2. The van der Waals surface area contributed by atoms with Crippen molar-refractivity contribution in [3.05, 3.63) is 29.8 Å². The van der Waals surface area contributed by atoms with E-state index in [0.717, 1.165) is 12.3 Å². The number of carbonyl (C=O) groups excluding carboxylic acids is 1. The molecule has 0 saturated heterocycles. The average molecular weight is 276 g/mol. The third-order valence-electron chi connectivity index (χ3n) is 3.85. The third kappa shape index (κ3) is 3.29. The van der Waals surface area contributed by atoms with Gasteiger partial charge in [0.1, 0.15) is 0 Å². The van der Waals surface area contributed by atoms with Crippen molar-refractivity contribution in [2.45, 2.75) is 25.7 Å². The first kappa shape index (κ1) is 14.4. The number of hydrogen-bond donors (Lipinski definition) is 2. The van der Waals surface area contributed by atoms with Crippen LogP contribution in [0.5, 0.6) is 0 Å². The number of nitrogens with one attached hydrogen (secondary N) is 1. The molecule has 1 aliphatic carbocycles. The molecule has 1 saturated carbocycles. The summed E-state index contributed by atoms with van der Waals surface area (Å²) in [5, 5.41) is 12.0. The summed E-state index contributed by atoms with van der Waals surface area (Å²) in [4.78, 5) is 24.5. The standard InChI is InChI=1S/C15H20N2O3/c1-17(13-8-3-2-7-12(13)14(18)19)15(20)16-10-9-11-5-4-6-11/h2-3,7-8,11H,4-6,9-10H2,1H3,(H,16,20)(H,18,19). The van der Waals surface area contributed by atoms with Gasteiger partial charge in [0.05, 0.1) is 11.3 Å². The molecule has 1 aliphatic rings. The summed E-state index contributed by atoms with van der Waals surface area (Å²) in [6, 6.07) is 6.23. The second kappa shape index (κ2) is 6.41. The van der Waals surface area contributed by atoms with E-state index >= 15 is 0 Å². The number of carboxylic acids is 1. The molecule has 0 heterocycles. The van der Waals surface area contributed by atoms with Gasteiger partial charge in [0.25, 0.3) is 0 Å². The van der Waals surface area contributed by atoms with E-state index in [1.165, 1.54) is 30.2 Å². The van der Waals surface area contributed by atoms with Gasteiger partial charge in [0.2, 0.25) is 0 Å². The van der Waals surface area contributed by atoms with Crippen molar-refractivity contribution in [3.8, 4) is 0 Å². The predicted octanol–water partition coefficient (Wildman–Crippen LogP) is 2.72. The minimum absolute atomic E-state index is 0.129. The van der Waals surface area contributed by atoms with Gasteiger partial charge in [0, 0.05) is 13.6 Å². The van der Waals surface area contributed by atoms with Gasteiger partial charge in [-0.3, -0.25) is 4.90 Å². The molecule has 0 atom stereocenters. The van der Waals surface area contributed by atoms with E-state index in [9.17, 15) is 9.59 Å². The number of rotatable bonds is 5. The molecule has 2 rings (SSSR count). The highest BCUT2D eigenvalue weighted by molar-refractivity contribution is 6.01. The molecule has 1 aromatic carbocycles. The van der Waals surface area contributed by atoms with Crippen molar-refractivity contribution in [1.29, 1.82) is 0 Å². The van der Waals surface area contributed by atoms with Crippen LogP contribution >= 0.6 is 0 Å². The zero-order valence-corrected chi connectivity index (χ0v) is 11.6. The molecule has 5 heteroatoms. The van der Waals surface area contributed by atoms with Crippen molar-refractivity contribution in [2.24, 2.45) is 5.92 Å². The number of nitrogens with zero attached hydrogens (tertiary/aromatic N) is 1. The van der Waals surface area contributed by atoms with Gasteiger partial charge in [-0.05, 0) is 24.5 Å². The van der Waals surface area contributed by atoms with Crippen molar-refractivity contribution in [2.75, 3.05) is 18.5 Å². The molecular formula is C15H20N2O3. The number of urea groups is 1. The molecule has 0 aliphatic heterocycles. The fraction of sp³-hybridized carbons (Fsp3) is 0.467. The van der Waals surface area contributed by atoms with Crippen LogP contribution in [0.3, 0.4) is 0 Å². The van der Waals surface area contributed by atoms with Gasteiger partial charge in [-0.1, -0.05) is 31.4 Å². The van der Waals surface area contributed by atoms with Gasteiger partial charge in [-0.15, -0.1) is 0 Å². The van der Waals surface area contributed by atoms with Crippen LogP contribution in [0.25, 0.3) is 0 Å². The zero-order chi connectivity index (χ0) is 14.5. The lowest BCUT2D eigenvalue weighted by Gasteiger charge is -2.26. The predicted molar refractivity (Wildman–Crippen MR) is 77.2 cm³/mol. The number of para-hydroxylation sites is 1. The van der Waals surface area contributed by atoms with E-state index in [-0.39, 0.29) is 11.6 Å². The summed E-state index contributed by atoms with van der Waals surface area (Å²) in [7, 11) is 1.58. The summed E-state index contributed by atoms with van der Waals surface area (Å²) < 4.78 is 0. The molecule has 0 spiro atoms. The highest BCUT2D eigenvalue weighted by Gasteiger charge is 2.19. The summed E-state index contributed by atoms with van der Waals surface area (Å²) in [5.74, 6) is -0.290. The maximum Gasteiger partial charge on any atom is 0.337 e. The van der Waals surface area contributed by atoms with E-state index in [0.29, 0.717) is 12.2 Å². The fourth-order valence-electron chi connectivity index (χ4n) is 2.34. The largest absolute Gasteiger partial charge is 0.478 e. The molecule has 108 valence electrons. The number of anilines is 1. The lowest BCUT2D eigenvalue weighted by atomic mass is 9.83. The normalized spacial score (nSPS) is 14.4. The molecule has 0 radical (unpaired) electrons. The number of hydrogen-bond acceptors (Lipinski definition) is 2. The van der Waals surface area contributed by atoms with E-state index in [1.807, 2.05) is 0 Å². The summed E-state index contributed by atoms with van der Waals surface area (Å²) in [6.07, 6.45) is 4.81. The van der Waals surface area contributed by atoms with Crippen LogP contribution in [0, 0.1) is 5.92 Å². The molecular weight excluding hydrogens is 256 g/mol. The van der Waals surface area contributed by atoms with Crippen molar-refractivity contribution in [1.82, 2.24) is 5.32 Å². The molecule has 0 bridgehead atoms. The van der Waals surface area contributed by atoms with Crippen LogP contribution in [-0.4, -0.2) is 30.7 Å². The summed E-state index contributed by atoms with van der Waals surface area (Å²) in [6.45, 7) is 0.642. The third-order valence-corrected chi connectivity index (χ3v) is 3.85. The Morgan fingerprint density at radius 1 is 1.35 bits per heavy atom. The number of amides is 2. The first-order chi connectivity index (χ1) is 9.59. The van der Waals surface area contributed by atoms with E-state index < -0.39 is 5.97 Å². The highest BCUT2D eigenvalue weighted by Crippen LogP contribution is 2.28. The Morgan fingerprint density at radius 3 is 2.65 bits per heavy atom. The van der Waals surface area contributed by atoms with E-state index in [1.54, 1.807) is 25.2 Å². The number of benzene rings is 1. The van der Waals surface area contributed by atoms with Gasteiger partial charge < -0.3 is 10.4 Å².